The van der Waals surface area contributed by atoms with Gasteiger partial charge in [0.2, 0.25) is 0 Å². The smallest absolute Gasteiger partial charge is 0.128 e. The zero-order chi connectivity index (χ0) is 14.3. The van der Waals surface area contributed by atoms with Crippen molar-refractivity contribution in [2.24, 2.45) is 5.92 Å². The van der Waals surface area contributed by atoms with Gasteiger partial charge in [-0.1, -0.05) is 0 Å². The summed E-state index contributed by atoms with van der Waals surface area (Å²) in [7, 11) is 4.34. The van der Waals surface area contributed by atoms with Crippen molar-refractivity contribution in [1.82, 2.24) is 15.2 Å². The number of rotatable bonds is 3. The Morgan fingerprint density at radius 2 is 2.00 bits per heavy atom. The van der Waals surface area contributed by atoms with E-state index >= 15 is 0 Å². The van der Waals surface area contributed by atoms with Crippen LogP contribution in [0, 0.1) is 12.8 Å². The third-order valence-corrected chi connectivity index (χ3v) is 5.34. The lowest BCUT2D eigenvalue weighted by molar-refractivity contribution is 0.114. The van der Waals surface area contributed by atoms with Crippen LogP contribution in [0.15, 0.2) is 12.3 Å². The van der Waals surface area contributed by atoms with Crippen LogP contribution in [0.1, 0.15) is 42.9 Å². The summed E-state index contributed by atoms with van der Waals surface area (Å²) in [6.07, 6.45) is 7.10. The maximum Gasteiger partial charge on any atom is 0.128 e. The van der Waals surface area contributed by atoms with Gasteiger partial charge in [0.15, 0.2) is 0 Å². The molecule has 1 aromatic rings. The van der Waals surface area contributed by atoms with Crippen LogP contribution in [0.5, 0.6) is 0 Å². The number of nitrogen functional groups attached to an aromatic ring is 1. The molecule has 1 aromatic heterocycles. The van der Waals surface area contributed by atoms with Gasteiger partial charge in [0.25, 0.3) is 0 Å². The van der Waals surface area contributed by atoms with Gasteiger partial charge in [-0.05, 0) is 64.3 Å². The maximum atomic E-state index is 6.12. The van der Waals surface area contributed by atoms with E-state index in [-0.39, 0.29) is 0 Å². The Labute approximate surface area is 121 Å². The van der Waals surface area contributed by atoms with Crippen molar-refractivity contribution < 1.29 is 0 Å². The van der Waals surface area contributed by atoms with Gasteiger partial charge < -0.3 is 16.0 Å². The highest BCUT2D eigenvalue weighted by atomic mass is 15.2. The molecule has 0 aliphatic carbocycles. The van der Waals surface area contributed by atoms with Gasteiger partial charge in [0.1, 0.15) is 5.82 Å². The van der Waals surface area contributed by atoms with E-state index in [2.05, 4.69) is 35.2 Å². The van der Waals surface area contributed by atoms with E-state index in [0.29, 0.717) is 17.8 Å². The first-order chi connectivity index (χ1) is 9.60. The lowest BCUT2D eigenvalue weighted by Gasteiger charge is -2.40. The first-order valence-corrected chi connectivity index (χ1v) is 7.71. The van der Waals surface area contributed by atoms with Gasteiger partial charge in [-0.2, -0.15) is 0 Å². The van der Waals surface area contributed by atoms with Gasteiger partial charge >= 0.3 is 0 Å². The molecule has 4 nitrogen and oxygen atoms in total. The maximum absolute atomic E-state index is 6.12. The second kappa shape index (κ2) is 5.34. The number of aromatic nitrogens is 1. The number of hydrogen-bond acceptors (Lipinski definition) is 4. The summed E-state index contributed by atoms with van der Waals surface area (Å²) < 4.78 is 0. The zero-order valence-electron chi connectivity index (χ0n) is 12.8. The van der Waals surface area contributed by atoms with Crippen LogP contribution in [0.4, 0.5) is 5.82 Å². The molecule has 20 heavy (non-hydrogen) atoms. The van der Waals surface area contributed by atoms with E-state index in [1.54, 1.807) is 0 Å². The molecular formula is C16H26N4. The van der Waals surface area contributed by atoms with E-state index < -0.39 is 0 Å². The number of nitrogens with two attached hydrogens (primary N) is 1. The number of pyridine rings is 1. The molecule has 0 saturated carbocycles. The van der Waals surface area contributed by atoms with Crippen molar-refractivity contribution in [3.05, 3.63) is 23.4 Å². The predicted molar refractivity (Wildman–Crippen MR) is 82.5 cm³/mol. The molecule has 3 N–H and O–H groups in total. The minimum Gasteiger partial charge on any atom is -0.383 e. The van der Waals surface area contributed by atoms with Crippen molar-refractivity contribution in [3.8, 4) is 0 Å². The van der Waals surface area contributed by atoms with Gasteiger partial charge in [0.05, 0.1) is 0 Å². The van der Waals surface area contributed by atoms with E-state index in [0.717, 1.165) is 12.1 Å². The van der Waals surface area contributed by atoms with Crippen molar-refractivity contribution in [3.63, 3.8) is 0 Å². The van der Waals surface area contributed by atoms with Crippen LogP contribution < -0.4 is 11.1 Å². The number of nitrogens with one attached hydrogen (secondary N) is 1. The highest BCUT2D eigenvalue weighted by molar-refractivity contribution is 5.43. The molecule has 0 radical (unpaired) electrons. The zero-order valence-corrected chi connectivity index (χ0v) is 12.8. The third kappa shape index (κ3) is 2.31. The standard InChI is InChI=1S/C16H26N4/c1-10-6-14(16(17)19-9-10)15(18-2)11-7-12-4-5-13(8-11)20(12)3/h6,9,11-13,15,18H,4-5,7-8H2,1-3H3,(H2,17,19). The molecule has 3 heterocycles. The average molecular weight is 274 g/mol. The molecule has 2 fully saturated rings. The number of fused-ring (bicyclic) bond motifs is 2. The number of anilines is 1. The Kier molecular flexibility index (Phi) is 3.69. The molecule has 2 aliphatic heterocycles. The predicted octanol–water partition coefficient (Wildman–Crippen LogP) is 2.11. The number of hydrogen-bond donors (Lipinski definition) is 2. The van der Waals surface area contributed by atoms with Gasteiger partial charge in [-0.25, -0.2) is 4.98 Å². The van der Waals surface area contributed by atoms with Crippen LogP contribution in [0.3, 0.4) is 0 Å². The number of aryl methyl sites for hydroxylation is 1. The Balaban J connectivity index is 1.85. The Morgan fingerprint density at radius 1 is 1.35 bits per heavy atom. The molecule has 0 aromatic carbocycles. The minimum absolute atomic E-state index is 0.333. The topological polar surface area (TPSA) is 54.2 Å². The van der Waals surface area contributed by atoms with Gasteiger partial charge in [-0.3, -0.25) is 0 Å². The largest absolute Gasteiger partial charge is 0.383 e. The first kappa shape index (κ1) is 13.8. The molecule has 3 unspecified atom stereocenters. The van der Waals surface area contributed by atoms with Crippen molar-refractivity contribution in [1.29, 1.82) is 0 Å². The third-order valence-electron chi connectivity index (χ3n) is 5.34. The Bertz CT molecular complexity index is 473. The second-order valence-electron chi connectivity index (χ2n) is 6.54. The van der Waals surface area contributed by atoms with Crippen LogP contribution in [0.2, 0.25) is 0 Å². The minimum atomic E-state index is 0.333. The summed E-state index contributed by atoms with van der Waals surface area (Å²) >= 11 is 0. The normalized spacial score (nSPS) is 31.4. The second-order valence-corrected chi connectivity index (χ2v) is 6.54. The molecule has 3 rings (SSSR count). The van der Waals surface area contributed by atoms with Crippen molar-refractivity contribution >= 4 is 5.82 Å². The average Bonchev–Trinajstić information content (AvgIpc) is 2.66. The summed E-state index contributed by atoms with van der Waals surface area (Å²) in [5.41, 5.74) is 8.49. The molecule has 4 heteroatoms. The molecule has 0 spiro atoms. The lowest BCUT2D eigenvalue weighted by Crippen LogP contribution is -2.43. The summed E-state index contributed by atoms with van der Waals surface area (Å²) in [6, 6.07) is 4.05. The lowest BCUT2D eigenvalue weighted by atomic mass is 9.82. The number of nitrogens with zero attached hydrogens (tertiary/aromatic N) is 2. The van der Waals surface area contributed by atoms with Crippen LogP contribution >= 0.6 is 0 Å². The Hall–Kier alpha value is -1.13. The molecule has 0 amide bonds. The molecule has 2 aliphatic rings. The van der Waals surface area contributed by atoms with Gasteiger partial charge in [-0.15, -0.1) is 0 Å². The SMILES string of the molecule is CNC(c1cc(C)cnc1N)C1CC2CCC(C1)N2C. The van der Waals surface area contributed by atoms with Crippen molar-refractivity contribution in [2.45, 2.75) is 50.7 Å². The first-order valence-electron chi connectivity index (χ1n) is 7.71. The summed E-state index contributed by atoms with van der Waals surface area (Å²) in [6.45, 7) is 2.08. The van der Waals surface area contributed by atoms with E-state index in [1.807, 2.05) is 13.2 Å². The molecular weight excluding hydrogens is 248 g/mol. The van der Waals surface area contributed by atoms with E-state index in [1.165, 1.54) is 36.8 Å². The fourth-order valence-corrected chi connectivity index (χ4v) is 4.22. The molecule has 2 bridgehead atoms. The fraction of sp³-hybridized carbons (Fsp3) is 0.688. The van der Waals surface area contributed by atoms with Crippen LogP contribution in [-0.4, -0.2) is 36.1 Å². The Morgan fingerprint density at radius 3 is 2.60 bits per heavy atom. The highest BCUT2D eigenvalue weighted by Crippen LogP contribution is 2.43. The van der Waals surface area contributed by atoms with Crippen LogP contribution in [-0.2, 0) is 0 Å². The summed E-state index contributed by atoms with van der Waals surface area (Å²) in [5.74, 6) is 1.35. The van der Waals surface area contributed by atoms with E-state index in [4.69, 9.17) is 5.73 Å². The van der Waals surface area contributed by atoms with Crippen molar-refractivity contribution in [2.75, 3.05) is 19.8 Å². The summed E-state index contributed by atoms with van der Waals surface area (Å²) in [4.78, 5) is 6.92. The summed E-state index contributed by atoms with van der Waals surface area (Å²) in [5, 5.41) is 3.50. The quantitative estimate of drug-likeness (QED) is 0.886. The molecule has 2 saturated heterocycles. The van der Waals surface area contributed by atoms with Gasteiger partial charge in [0, 0.05) is 29.9 Å². The van der Waals surface area contributed by atoms with E-state index in [9.17, 15) is 0 Å². The van der Waals surface area contributed by atoms with Crippen LogP contribution in [0.25, 0.3) is 0 Å². The molecule has 110 valence electrons. The monoisotopic (exact) mass is 274 g/mol. The fourth-order valence-electron chi connectivity index (χ4n) is 4.22. The number of piperidine rings is 1. The molecule has 3 atom stereocenters. The highest BCUT2D eigenvalue weighted by Gasteiger charge is 2.41.